The third-order valence-corrected chi connectivity index (χ3v) is 7.60. The van der Waals surface area contributed by atoms with Crippen LogP contribution in [-0.4, -0.2) is 57.1 Å². The highest BCUT2D eigenvalue weighted by Gasteiger charge is 2.42. The number of para-hydroxylation sites is 1. The van der Waals surface area contributed by atoms with Gasteiger partial charge in [0, 0.05) is 25.2 Å². The molecule has 1 atom stereocenters. The standard InChI is InChI=1S/C26H28N4O4S/c1-34-29-23-18-25(26(31)28-17-16-27-22-10-6-3-7-11-22)30(19-23)35(32,33)24-14-12-21(13-15-24)20-8-4-2-5-9-20/h2-15,25,27H,16-19H2,1H3,(H,28,31)/t25-/m0/s1. The molecule has 3 aromatic rings. The lowest BCUT2D eigenvalue weighted by molar-refractivity contribution is -0.124. The van der Waals surface area contributed by atoms with Gasteiger partial charge in [-0.1, -0.05) is 65.8 Å². The van der Waals surface area contributed by atoms with Crippen molar-refractivity contribution < 1.29 is 18.0 Å². The van der Waals surface area contributed by atoms with Crippen LogP contribution in [0.25, 0.3) is 11.1 Å². The lowest BCUT2D eigenvalue weighted by atomic mass is 10.1. The SMILES string of the molecule is CON=C1C[C@@H](C(=O)NCCNc2ccccc2)N(S(=O)(=O)c2ccc(-c3ccccc3)cc2)C1. The lowest BCUT2D eigenvalue weighted by Crippen LogP contribution is -2.46. The van der Waals surface area contributed by atoms with Crippen molar-refractivity contribution >= 4 is 27.3 Å². The molecule has 8 nitrogen and oxygen atoms in total. The monoisotopic (exact) mass is 492 g/mol. The summed E-state index contributed by atoms with van der Waals surface area (Å²) in [5.74, 6) is -0.370. The minimum absolute atomic E-state index is 0.00301. The fraction of sp³-hybridized carbons (Fsp3) is 0.231. The molecule has 1 aliphatic rings. The molecule has 0 saturated carbocycles. The Labute approximate surface area is 205 Å². The predicted molar refractivity (Wildman–Crippen MR) is 137 cm³/mol. The topological polar surface area (TPSA) is 100 Å². The quantitative estimate of drug-likeness (QED) is 0.353. The number of anilines is 1. The van der Waals surface area contributed by atoms with Gasteiger partial charge in [0.2, 0.25) is 15.9 Å². The first kappa shape index (κ1) is 24.4. The van der Waals surface area contributed by atoms with Crippen LogP contribution in [0, 0.1) is 0 Å². The highest BCUT2D eigenvalue weighted by atomic mass is 32.2. The second-order valence-corrected chi connectivity index (χ2v) is 9.98. The van der Waals surface area contributed by atoms with E-state index in [0.717, 1.165) is 16.8 Å². The molecule has 0 spiro atoms. The number of nitrogens with one attached hydrogen (secondary N) is 2. The van der Waals surface area contributed by atoms with Crippen LogP contribution in [0.3, 0.4) is 0 Å². The van der Waals surface area contributed by atoms with Crippen molar-refractivity contribution in [2.75, 3.05) is 32.1 Å². The zero-order valence-corrected chi connectivity index (χ0v) is 20.2. The number of sulfonamides is 1. The molecule has 1 amide bonds. The zero-order valence-electron chi connectivity index (χ0n) is 19.4. The average molecular weight is 493 g/mol. The van der Waals surface area contributed by atoms with Crippen LogP contribution in [0.5, 0.6) is 0 Å². The molecule has 0 bridgehead atoms. The maximum atomic E-state index is 13.5. The van der Waals surface area contributed by atoms with Gasteiger partial charge in [0.1, 0.15) is 13.2 Å². The molecule has 1 aliphatic heterocycles. The number of nitrogens with zero attached hydrogens (tertiary/aromatic N) is 2. The molecule has 4 rings (SSSR count). The Kier molecular flexibility index (Phi) is 7.79. The summed E-state index contributed by atoms with van der Waals surface area (Å²) in [7, 11) is -2.54. The first-order valence-electron chi connectivity index (χ1n) is 11.3. The van der Waals surface area contributed by atoms with Crippen LogP contribution in [0.2, 0.25) is 0 Å². The van der Waals surface area contributed by atoms with E-state index in [9.17, 15) is 13.2 Å². The highest BCUT2D eigenvalue weighted by molar-refractivity contribution is 7.89. The average Bonchev–Trinajstić information content (AvgIpc) is 3.33. The summed E-state index contributed by atoms with van der Waals surface area (Å²) in [5, 5.41) is 9.98. The third kappa shape index (κ3) is 5.87. The van der Waals surface area contributed by atoms with Crippen LogP contribution < -0.4 is 10.6 Å². The molecular weight excluding hydrogens is 464 g/mol. The Balaban J connectivity index is 1.47. The van der Waals surface area contributed by atoms with Gasteiger partial charge in [-0.2, -0.15) is 4.31 Å². The minimum Gasteiger partial charge on any atom is -0.399 e. The molecular formula is C26H28N4O4S. The maximum Gasteiger partial charge on any atom is 0.244 e. The number of hydrogen-bond donors (Lipinski definition) is 2. The second-order valence-electron chi connectivity index (χ2n) is 8.08. The Morgan fingerprint density at radius 3 is 2.23 bits per heavy atom. The fourth-order valence-corrected chi connectivity index (χ4v) is 5.58. The van der Waals surface area contributed by atoms with Crippen molar-refractivity contribution in [1.82, 2.24) is 9.62 Å². The summed E-state index contributed by atoms with van der Waals surface area (Å²) >= 11 is 0. The van der Waals surface area contributed by atoms with Gasteiger partial charge < -0.3 is 15.5 Å². The Bertz CT molecular complexity index is 1260. The summed E-state index contributed by atoms with van der Waals surface area (Å²) < 4.78 is 28.2. The molecule has 0 aliphatic carbocycles. The van der Waals surface area contributed by atoms with E-state index in [4.69, 9.17) is 4.84 Å². The van der Waals surface area contributed by atoms with E-state index in [1.54, 1.807) is 24.3 Å². The van der Waals surface area contributed by atoms with Gasteiger partial charge in [-0.3, -0.25) is 4.79 Å². The van der Waals surface area contributed by atoms with Crippen molar-refractivity contribution in [3.05, 3.63) is 84.9 Å². The summed E-state index contributed by atoms with van der Waals surface area (Å²) in [5.41, 5.74) is 3.35. The molecule has 182 valence electrons. The van der Waals surface area contributed by atoms with Crippen LogP contribution in [0.1, 0.15) is 6.42 Å². The van der Waals surface area contributed by atoms with Crippen molar-refractivity contribution in [2.24, 2.45) is 5.16 Å². The van der Waals surface area contributed by atoms with Crippen LogP contribution >= 0.6 is 0 Å². The van der Waals surface area contributed by atoms with E-state index in [0.29, 0.717) is 18.8 Å². The number of carbonyl (C=O) groups excluding carboxylic acids is 1. The van der Waals surface area contributed by atoms with E-state index < -0.39 is 16.1 Å². The van der Waals surface area contributed by atoms with Gasteiger partial charge in [0.25, 0.3) is 0 Å². The number of amides is 1. The molecule has 2 N–H and O–H groups in total. The number of rotatable bonds is 9. The molecule has 35 heavy (non-hydrogen) atoms. The smallest absolute Gasteiger partial charge is 0.244 e. The zero-order chi connectivity index (χ0) is 24.7. The number of oxime groups is 1. The van der Waals surface area contributed by atoms with E-state index in [1.807, 2.05) is 60.7 Å². The van der Waals surface area contributed by atoms with Crippen molar-refractivity contribution in [3.8, 4) is 11.1 Å². The molecule has 0 aromatic heterocycles. The number of hydrogen-bond acceptors (Lipinski definition) is 6. The fourth-order valence-electron chi connectivity index (χ4n) is 4.00. The highest BCUT2D eigenvalue weighted by Crippen LogP contribution is 2.27. The Morgan fingerprint density at radius 2 is 1.57 bits per heavy atom. The molecule has 0 radical (unpaired) electrons. The Hall–Kier alpha value is -3.69. The lowest BCUT2D eigenvalue weighted by Gasteiger charge is -2.23. The minimum atomic E-state index is -3.94. The molecule has 1 saturated heterocycles. The van der Waals surface area contributed by atoms with Crippen LogP contribution in [0.4, 0.5) is 5.69 Å². The van der Waals surface area contributed by atoms with Crippen LogP contribution in [-0.2, 0) is 19.7 Å². The third-order valence-electron chi connectivity index (χ3n) is 5.73. The molecule has 1 heterocycles. The van der Waals surface area contributed by atoms with Gasteiger partial charge in [0.15, 0.2) is 0 Å². The Morgan fingerprint density at radius 1 is 0.943 bits per heavy atom. The van der Waals surface area contributed by atoms with Crippen molar-refractivity contribution in [2.45, 2.75) is 17.4 Å². The van der Waals surface area contributed by atoms with Crippen molar-refractivity contribution in [1.29, 1.82) is 0 Å². The largest absolute Gasteiger partial charge is 0.399 e. The molecule has 1 fully saturated rings. The molecule has 0 unspecified atom stereocenters. The molecule has 9 heteroatoms. The van der Waals surface area contributed by atoms with E-state index in [2.05, 4.69) is 15.8 Å². The maximum absolute atomic E-state index is 13.5. The van der Waals surface area contributed by atoms with Crippen molar-refractivity contribution in [3.63, 3.8) is 0 Å². The van der Waals surface area contributed by atoms with E-state index in [-0.39, 0.29) is 23.8 Å². The van der Waals surface area contributed by atoms with E-state index in [1.165, 1.54) is 11.4 Å². The summed E-state index contributed by atoms with van der Waals surface area (Å²) in [4.78, 5) is 18.0. The normalized spacial score (nSPS) is 17.3. The van der Waals surface area contributed by atoms with Gasteiger partial charge in [0.05, 0.1) is 17.2 Å². The first-order chi connectivity index (χ1) is 17.0. The van der Waals surface area contributed by atoms with E-state index >= 15 is 0 Å². The van der Waals surface area contributed by atoms with Crippen LogP contribution in [0.15, 0.2) is 95.0 Å². The second kappa shape index (κ2) is 11.2. The predicted octanol–water partition coefficient (Wildman–Crippen LogP) is 3.35. The van der Waals surface area contributed by atoms with Gasteiger partial charge >= 0.3 is 0 Å². The summed E-state index contributed by atoms with van der Waals surface area (Å²) in [6.07, 6.45) is 0.174. The number of carbonyl (C=O) groups is 1. The summed E-state index contributed by atoms with van der Waals surface area (Å²) in [6.45, 7) is 0.854. The summed E-state index contributed by atoms with van der Waals surface area (Å²) in [6, 6.07) is 25.1. The first-order valence-corrected chi connectivity index (χ1v) is 12.8. The van der Waals surface area contributed by atoms with Gasteiger partial charge in [-0.15, -0.1) is 0 Å². The molecule has 3 aromatic carbocycles. The van der Waals surface area contributed by atoms with Gasteiger partial charge in [-0.25, -0.2) is 8.42 Å². The van der Waals surface area contributed by atoms with Gasteiger partial charge in [-0.05, 0) is 35.4 Å². The number of benzene rings is 3.